The van der Waals surface area contributed by atoms with Crippen LogP contribution in [0.4, 0.5) is 5.69 Å². The van der Waals surface area contributed by atoms with Crippen LogP contribution in [0, 0.1) is 0 Å². The number of anilines is 1. The van der Waals surface area contributed by atoms with Crippen molar-refractivity contribution >= 4 is 60.8 Å². The summed E-state index contributed by atoms with van der Waals surface area (Å²) in [7, 11) is 0. The zero-order valence-corrected chi connectivity index (χ0v) is 15.3. The molecule has 1 heterocycles. The van der Waals surface area contributed by atoms with Crippen LogP contribution < -0.4 is 5.32 Å². The maximum atomic E-state index is 12.3. The summed E-state index contributed by atoms with van der Waals surface area (Å²) in [5.74, 6) is 0.718. The fourth-order valence-corrected chi connectivity index (χ4v) is 4.11. The number of thiazole rings is 1. The van der Waals surface area contributed by atoms with Crippen molar-refractivity contribution in [3.05, 3.63) is 65.2 Å². The number of nitrogens with one attached hydrogen (secondary N) is 1. The number of carbonyl (C=O) groups is 1. The molecule has 0 spiro atoms. The molecule has 0 aliphatic carbocycles. The highest BCUT2D eigenvalue weighted by atomic mass is 79.9. The Bertz CT molecular complexity index is 859. The highest BCUT2D eigenvalue weighted by molar-refractivity contribution is 9.10. The number of thioether (sulfide) groups is 1. The van der Waals surface area contributed by atoms with E-state index in [1.807, 2.05) is 36.4 Å². The summed E-state index contributed by atoms with van der Waals surface area (Å²) >= 11 is 6.65. The number of hydrogen-bond donors (Lipinski definition) is 1. The number of carbonyl (C=O) groups excluding carboxylic acids is 1. The van der Waals surface area contributed by atoms with Crippen LogP contribution in [0.25, 0.3) is 10.2 Å². The molecule has 0 aliphatic rings. The third-order valence-corrected chi connectivity index (χ3v) is 5.74. The van der Waals surface area contributed by atoms with Gasteiger partial charge in [0.1, 0.15) is 0 Å². The van der Waals surface area contributed by atoms with Crippen molar-refractivity contribution in [3.63, 3.8) is 0 Å². The zero-order chi connectivity index (χ0) is 16.2. The van der Waals surface area contributed by atoms with Crippen molar-refractivity contribution in [1.82, 2.24) is 4.98 Å². The SMILES string of the molecule is C=CCSc1nc2ccc(NC(=O)c3ccc(Br)cc3)cc2s1. The van der Waals surface area contributed by atoms with Gasteiger partial charge in [-0.15, -0.1) is 17.9 Å². The average Bonchev–Trinajstić information content (AvgIpc) is 2.95. The van der Waals surface area contributed by atoms with Gasteiger partial charge in [0.2, 0.25) is 0 Å². The van der Waals surface area contributed by atoms with Crippen molar-refractivity contribution in [1.29, 1.82) is 0 Å². The molecule has 1 N–H and O–H groups in total. The van der Waals surface area contributed by atoms with Crippen molar-refractivity contribution in [2.45, 2.75) is 4.34 Å². The molecule has 3 aromatic rings. The van der Waals surface area contributed by atoms with Gasteiger partial charge in [-0.05, 0) is 42.5 Å². The molecule has 6 heteroatoms. The topological polar surface area (TPSA) is 42.0 Å². The smallest absolute Gasteiger partial charge is 0.255 e. The van der Waals surface area contributed by atoms with Gasteiger partial charge >= 0.3 is 0 Å². The molecule has 0 fully saturated rings. The highest BCUT2D eigenvalue weighted by Crippen LogP contribution is 2.31. The standard InChI is InChI=1S/C17H13BrN2OS2/c1-2-9-22-17-20-14-8-7-13(10-15(14)23-17)19-16(21)11-3-5-12(18)6-4-11/h2-8,10H,1,9H2,(H,19,21). The molecule has 0 atom stereocenters. The minimum atomic E-state index is -0.123. The van der Waals surface area contributed by atoms with Gasteiger partial charge in [0.05, 0.1) is 10.2 Å². The van der Waals surface area contributed by atoms with Crippen LogP contribution in [0.5, 0.6) is 0 Å². The lowest BCUT2D eigenvalue weighted by molar-refractivity contribution is 0.102. The summed E-state index contributed by atoms with van der Waals surface area (Å²) in [6.45, 7) is 3.72. The van der Waals surface area contributed by atoms with Crippen LogP contribution in [0.2, 0.25) is 0 Å². The number of benzene rings is 2. The van der Waals surface area contributed by atoms with Crippen molar-refractivity contribution in [3.8, 4) is 0 Å². The predicted octanol–water partition coefficient (Wildman–Crippen LogP) is 5.59. The van der Waals surface area contributed by atoms with E-state index in [1.165, 1.54) is 0 Å². The lowest BCUT2D eigenvalue weighted by Gasteiger charge is -2.05. The number of halogens is 1. The van der Waals surface area contributed by atoms with Crippen molar-refractivity contribution < 1.29 is 4.79 Å². The average molecular weight is 405 g/mol. The van der Waals surface area contributed by atoms with E-state index in [1.54, 1.807) is 35.2 Å². The number of hydrogen-bond acceptors (Lipinski definition) is 4. The molecule has 3 nitrogen and oxygen atoms in total. The summed E-state index contributed by atoms with van der Waals surface area (Å²) in [5, 5.41) is 2.92. The Morgan fingerprint density at radius 3 is 2.83 bits per heavy atom. The predicted molar refractivity (Wildman–Crippen MR) is 103 cm³/mol. The molecule has 0 aliphatic heterocycles. The molecule has 1 aromatic heterocycles. The number of fused-ring (bicyclic) bond motifs is 1. The van der Waals surface area contributed by atoms with Crippen LogP contribution in [0.15, 0.2) is 63.9 Å². The molecule has 0 unspecified atom stereocenters. The Hall–Kier alpha value is -1.63. The normalized spacial score (nSPS) is 10.7. The van der Waals surface area contributed by atoms with Gasteiger partial charge in [-0.3, -0.25) is 4.79 Å². The molecule has 3 rings (SSSR count). The monoisotopic (exact) mass is 404 g/mol. The van der Waals surface area contributed by atoms with Gasteiger partial charge in [0.25, 0.3) is 5.91 Å². The first kappa shape index (κ1) is 16.2. The van der Waals surface area contributed by atoms with E-state index in [0.717, 1.165) is 30.5 Å². The Morgan fingerprint density at radius 2 is 2.09 bits per heavy atom. The first-order valence-corrected chi connectivity index (χ1v) is 9.46. The molecular formula is C17H13BrN2OS2. The zero-order valence-electron chi connectivity index (χ0n) is 12.1. The van der Waals surface area contributed by atoms with Crippen molar-refractivity contribution in [2.24, 2.45) is 0 Å². The molecular weight excluding hydrogens is 392 g/mol. The second-order valence-corrected chi connectivity index (χ2v) is 7.94. The quantitative estimate of drug-likeness (QED) is 0.445. The van der Waals surface area contributed by atoms with Gasteiger partial charge in [-0.1, -0.05) is 33.8 Å². The first-order chi connectivity index (χ1) is 11.2. The minimum Gasteiger partial charge on any atom is -0.322 e. The van der Waals surface area contributed by atoms with E-state index in [2.05, 4.69) is 32.8 Å². The highest BCUT2D eigenvalue weighted by Gasteiger charge is 2.08. The Labute approximate surface area is 151 Å². The Morgan fingerprint density at radius 1 is 1.30 bits per heavy atom. The summed E-state index contributed by atoms with van der Waals surface area (Å²) < 4.78 is 3.02. The van der Waals surface area contributed by atoms with Crippen LogP contribution in [0.1, 0.15) is 10.4 Å². The summed E-state index contributed by atoms with van der Waals surface area (Å²) in [6, 6.07) is 13.0. The van der Waals surface area contributed by atoms with Gasteiger partial charge < -0.3 is 5.32 Å². The molecule has 0 saturated heterocycles. The van der Waals surface area contributed by atoms with Gasteiger partial charge in [-0.25, -0.2) is 4.98 Å². The fourth-order valence-electron chi connectivity index (χ4n) is 1.98. The number of rotatable bonds is 5. The van der Waals surface area contributed by atoms with E-state index >= 15 is 0 Å². The number of amides is 1. The Balaban J connectivity index is 1.78. The molecule has 0 saturated carbocycles. The molecule has 23 heavy (non-hydrogen) atoms. The maximum absolute atomic E-state index is 12.3. The van der Waals surface area contributed by atoms with E-state index in [0.29, 0.717) is 5.56 Å². The van der Waals surface area contributed by atoms with Crippen LogP contribution in [-0.2, 0) is 0 Å². The second kappa shape index (κ2) is 7.29. The summed E-state index contributed by atoms with van der Waals surface area (Å²) in [4.78, 5) is 16.8. The maximum Gasteiger partial charge on any atom is 0.255 e. The summed E-state index contributed by atoms with van der Waals surface area (Å²) in [5.41, 5.74) is 2.34. The lowest BCUT2D eigenvalue weighted by Crippen LogP contribution is -2.11. The molecule has 1 amide bonds. The number of aromatic nitrogens is 1. The lowest BCUT2D eigenvalue weighted by atomic mass is 10.2. The van der Waals surface area contributed by atoms with E-state index in [9.17, 15) is 4.79 Å². The minimum absolute atomic E-state index is 0.123. The van der Waals surface area contributed by atoms with Crippen LogP contribution >= 0.6 is 39.0 Å². The van der Waals surface area contributed by atoms with Gasteiger partial charge in [-0.2, -0.15) is 0 Å². The van der Waals surface area contributed by atoms with Gasteiger partial charge in [0, 0.05) is 21.5 Å². The fraction of sp³-hybridized carbons (Fsp3) is 0.0588. The van der Waals surface area contributed by atoms with E-state index < -0.39 is 0 Å². The summed E-state index contributed by atoms with van der Waals surface area (Å²) in [6.07, 6.45) is 1.86. The third kappa shape index (κ3) is 4.02. The third-order valence-electron chi connectivity index (χ3n) is 3.06. The van der Waals surface area contributed by atoms with E-state index in [4.69, 9.17) is 0 Å². The largest absolute Gasteiger partial charge is 0.322 e. The second-order valence-electron chi connectivity index (χ2n) is 4.72. The van der Waals surface area contributed by atoms with Crippen molar-refractivity contribution in [2.75, 3.05) is 11.1 Å². The van der Waals surface area contributed by atoms with Crippen LogP contribution in [0.3, 0.4) is 0 Å². The Kier molecular flexibility index (Phi) is 5.15. The van der Waals surface area contributed by atoms with E-state index in [-0.39, 0.29) is 5.91 Å². The molecule has 0 radical (unpaired) electrons. The van der Waals surface area contributed by atoms with Crippen LogP contribution in [-0.4, -0.2) is 16.6 Å². The molecule has 116 valence electrons. The molecule has 2 aromatic carbocycles. The molecule has 0 bridgehead atoms. The number of nitrogens with zero attached hydrogens (tertiary/aromatic N) is 1. The first-order valence-electron chi connectivity index (χ1n) is 6.87. The van der Waals surface area contributed by atoms with Gasteiger partial charge in [0.15, 0.2) is 4.34 Å².